The summed E-state index contributed by atoms with van der Waals surface area (Å²) in [4.78, 5) is 15.0. The van der Waals surface area contributed by atoms with Gasteiger partial charge in [-0.15, -0.1) is 0 Å². The average Bonchev–Trinajstić information content (AvgIpc) is 3.27. The third-order valence-electron chi connectivity index (χ3n) is 5.73. The van der Waals surface area contributed by atoms with Gasteiger partial charge in [-0.1, -0.05) is 0 Å². The zero-order chi connectivity index (χ0) is 21.1. The lowest BCUT2D eigenvalue weighted by molar-refractivity contribution is -0.0576. The Morgan fingerprint density at radius 2 is 1.97 bits per heavy atom. The van der Waals surface area contributed by atoms with E-state index in [4.69, 9.17) is 24.7 Å². The van der Waals surface area contributed by atoms with Crippen molar-refractivity contribution in [1.29, 1.82) is 0 Å². The first-order valence-electron chi connectivity index (χ1n) is 10.3. The minimum Gasteiger partial charge on any atom is -0.485 e. The molecule has 30 heavy (non-hydrogen) atoms. The van der Waals surface area contributed by atoms with Crippen molar-refractivity contribution < 1.29 is 28.8 Å². The van der Waals surface area contributed by atoms with Gasteiger partial charge in [0.25, 0.3) is 5.91 Å². The molecule has 2 fully saturated rings. The number of piperidine rings is 1. The van der Waals surface area contributed by atoms with E-state index < -0.39 is 6.10 Å². The number of rotatable bonds is 6. The normalized spacial score (nSPS) is 24.7. The minimum atomic E-state index is -0.507. The van der Waals surface area contributed by atoms with Gasteiger partial charge >= 0.3 is 0 Å². The number of halogens is 1. The molecule has 4 rings (SSSR count). The van der Waals surface area contributed by atoms with Gasteiger partial charge in [-0.25, -0.2) is 0 Å². The molecule has 0 unspecified atom stereocenters. The second kappa shape index (κ2) is 9.69. The van der Waals surface area contributed by atoms with Crippen LogP contribution in [0.5, 0.6) is 11.5 Å². The number of benzene rings is 1. The molecule has 166 valence electrons. The molecule has 1 aromatic carbocycles. The van der Waals surface area contributed by atoms with Crippen LogP contribution < -0.4 is 20.5 Å². The Hall–Kier alpha value is -1.59. The molecular weight excluding hydrogens is 458 g/mol. The van der Waals surface area contributed by atoms with Crippen molar-refractivity contribution in [3.05, 3.63) is 16.1 Å². The highest BCUT2D eigenvalue weighted by molar-refractivity contribution is 9.10. The highest BCUT2D eigenvalue weighted by Crippen LogP contribution is 2.43. The first-order chi connectivity index (χ1) is 14.5. The van der Waals surface area contributed by atoms with Crippen molar-refractivity contribution >= 4 is 27.5 Å². The van der Waals surface area contributed by atoms with Gasteiger partial charge in [0.05, 0.1) is 35.0 Å². The number of anilines is 1. The van der Waals surface area contributed by atoms with Crippen molar-refractivity contribution in [1.82, 2.24) is 10.2 Å². The second-order valence-electron chi connectivity index (χ2n) is 7.77. The van der Waals surface area contributed by atoms with E-state index in [1.807, 2.05) is 0 Å². The lowest BCUT2D eigenvalue weighted by atomic mass is 9.93. The lowest BCUT2D eigenvalue weighted by Gasteiger charge is -2.36. The van der Waals surface area contributed by atoms with Crippen molar-refractivity contribution in [2.75, 3.05) is 58.3 Å². The molecule has 1 amide bonds. The zero-order valence-corrected chi connectivity index (χ0v) is 18.4. The van der Waals surface area contributed by atoms with Crippen LogP contribution in [0.3, 0.4) is 0 Å². The predicted molar refractivity (Wildman–Crippen MR) is 113 cm³/mol. The number of amides is 1. The summed E-state index contributed by atoms with van der Waals surface area (Å²) in [7, 11) is 0. The molecular formula is C20H28BrN3O6. The fourth-order valence-corrected chi connectivity index (χ4v) is 4.44. The van der Waals surface area contributed by atoms with Crippen LogP contribution in [0.2, 0.25) is 0 Å². The van der Waals surface area contributed by atoms with E-state index >= 15 is 0 Å². The number of aliphatic hydroxyl groups is 1. The monoisotopic (exact) mass is 485 g/mol. The summed E-state index contributed by atoms with van der Waals surface area (Å²) in [5, 5.41) is 13.5. The van der Waals surface area contributed by atoms with Crippen LogP contribution in [-0.4, -0.2) is 80.9 Å². The SMILES string of the molecule is Nc1cc(C(=O)NC[C@@H]2CCN(CCC3OCCO3)C[C@H]2O)c2c(c1Br)OCCO2. The summed E-state index contributed by atoms with van der Waals surface area (Å²) in [5.41, 5.74) is 6.76. The molecule has 0 aromatic heterocycles. The molecule has 9 nitrogen and oxygen atoms in total. The molecule has 3 aliphatic rings. The Morgan fingerprint density at radius 1 is 1.23 bits per heavy atom. The third-order valence-corrected chi connectivity index (χ3v) is 6.54. The fraction of sp³-hybridized carbons (Fsp3) is 0.650. The van der Waals surface area contributed by atoms with Crippen molar-refractivity contribution in [2.24, 2.45) is 5.92 Å². The zero-order valence-electron chi connectivity index (χ0n) is 16.8. The van der Waals surface area contributed by atoms with Gasteiger partial charge in [-0.3, -0.25) is 4.79 Å². The summed E-state index contributed by atoms with van der Waals surface area (Å²) in [5.74, 6) is 0.549. The average molecular weight is 486 g/mol. The number of hydrogen-bond donors (Lipinski definition) is 3. The first kappa shape index (κ1) is 21.6. The van der Waals surface area contributed by atoms with Gasteiger partial charge in [0, 0.05) is 32.0 Å². The molecule has 3 aliphatic heterocycles. The summed E-state index contributed by atoms with van der Waals surface area (Å²) >= 11 is 3.38. The number of carbonyl (C=O) groups is 1. The molecule has 1 aromatic rings. The van der Waals surface area contributed by atoms with E-state index in [9.17, 15) is 9.90 Å². The van der Waals surface area contributed by atoms with Gasteiger partial charge in [-0.05, 0) is 35.0 Å². The number of nitrogen functional groups attached to an aromatic ring is 1. The predicted octanol–water partition coefficient (Wildman–Crippen LogP) is 0.978. The molecule has 0 radical (unpaired) electrons. The van der Waals surface area contributed by atoms with Crippen LogP contribution in [-0.2, 0) is 9.47 Å². The maximum Gasteiger partial charge on any atom is 0.255 e. The van der Waals surface area contributed by atoms with Crippen LogP contribution in [0, 0.1) is 5.92 Å². The third kappa shape index (κ3) is 4.83. The van der Waals surface area contributed by atoms with E-state index in [-0.39, 0.29) is 18.1 Å². The number of carbonyl (C=O) groups excluding carboxylic acids is 1. The molecule has 4 N–H and O–H groups in total. The number of nitrogens with zero attached hydrogens (tertiary/aromatic N) is 1. The Morgan fingerprint density at radius 3 is 2.70 bits per heavy atom. The smallest absolute Gasteiger partial charge is 0.255 e. The Kier molecular flexibility index (Phi) is 6.99. The number of nitrogens with two attached hydrogens (primary N) is 1. The van der Waals surface area contributed by atoms with E-state index in [1.54, 1.807) is 6.07 Å². The molecule has 10 heteroatoms. The van der Waals surface area contributed by atoms with Crippen molar-refractivity contribution in [3.63, 3.8) is 0 Å². The Bertz CT molecular complexity index is 773. The minimum absolute atomic E-state index is 0.00929. The summed E-state index contributed by atoms with van der Waals surface area (Å²) < 4.78 is 22.8. The van der Waals surface area contributed by atoms with Crippen molar-refractivity contribution in [2.45, 2.75) is 25.2 Å². The standard InChI is InChI=1S/C20H28BrN3O6/c21-17-14(22)9-13(18-19(17)30-8-7-29-18)20(26)23-10-12-1-3-24(11-15(12)25)4-2-16-27-5-6-28-16/h9,12,15-16,25H,1-8,10-11,22H2,(H,23,26)/t12-,15+/m0/s1. The quantitative estimate of drug-likeness (QED) is 0.510. The first-order valence-corrected chi connectivity index (χ1v) is 11.1. The van der Waals surface area contributed by atoms with Gasteiger partial charge in [0.15, 0.2) is 17.8 Å². The van der Waals surface area contributed by atoms with E-state index in [2.05, 4.69) is 26.1 Å². The summed E-state index contributed by atoms with van der Waals surface area (Å²) in [6.45, 7) is 4.72. The molecule has 0 bridgehead atoms. The number of likely N-dealkylation sites (tertiary alicyclic amines) is 1. The Labute approximate surface area is 183 Å². The molecule has 0 saturated carbocycles. The van der Waals surface area contributed by atoms with E-state index in [0.717, 1.165) is 25.9 Å². The van der Waals surface area contributed by atoms with Crippen LogP contribution in [0.1, 0.15) is 23.2 Å². The maximum absolute atomic E-state index is 12.8. The number of nitrogens with one attached hydrogen (secondary N) is 1. The molecule has 3 heterocycles. The lowest BCUT2D eigenvalue weighted by Crippen LogP contribution is -2.48. The van der Waals surface area contributed by atoms with Gasteiger partial charge in [0.2, 0.25) is 0 Å². The molecule has 2 atom stereocenters. The van der Waals surface area contributed by atoms with Crippen LogP contribution >= 0.6 is 15.9 Å². The van der Waals surface area contributed by atoms with Crippen LogP contribution in [0.15, 0.2) is 10.5 Å². The van der Waals surface area contributed by atoms with E-state index in [0.29, 0.717) is 66.7 Å². The topological polar surface area (TPSA) is 116 Å². The molecule has 0 aliphatic carbocycles. The number of β-amino-alcohol motifs (C(OH)–C–C–N with tert-alkyl or cyclic N) is 1. The molecule has 2 saturated heterocycles. The van der Waals surface area contributed by atoms with Gasteiger partial charge in [-0.2, -0.15) is 0 Å². The van der Waals surface area contributed by atoms with Crippen LogP contribution in [0.4, 0.5) is 5.69 Å². The Balaban J connectivity index is 1.30. The summed E-state index contributed by atoms with van der Waals surface area (Å²) in [6, 6.07) is 1.58. The molecule has 0 spiro atoms. The highest BCUT2D eigenvalue weighted by atomic mass is 79.9. The fourth-order valence-electron chi connectivity index (χ4n) is 4.03. The largest absolute Gasteiger partial charge is 0.485 e. The summed E-state index contributed by atoms with van der Waals surface area (Å²) in [6.07, 6.45) is 0.961. The van der Waals surface area contributed by atoms with Crippen LogP contribution in [0.25, 0.3) is 0 Å². The number of fused-ring (bicyclic) bond motifs is 1. The van der Waals surface area contributed by atoms with Gasteiger partial charge < -0.3 is 40.0 Å². The highest BCUT2D eigenvalue weighted by Gasteiger charge is 2.30. The maximum atomic E-state index is 12.8. The second-order valence-corrected chi connectivity index (χ2v) is 8.56. The number of hydrogen-bond acceptors (Lipinski definition) is 8. The van der Waals surface area contributed by atoms with Crippen molar-refractivity contribution in [3.8, 4) is 11.5 Å². The van der Waals surface area contributed by atoms with Gasteiger partial charge in [0.1, 0.15) is 13.2 Å². The number of ether oxygens (including phenoxy) is 4. The van der Waals surface area contributed by atoms with E-state index in [1.165, 1.54) is 0 Å². The number of aliphatic hydroxyl groups excluding tert-OH is 1.